The van der Waals surface area contributed by atoms with Gasteiger partial charge in [-0.05, 0) is 43.7 Å². The van der Waals surface area contributed by atoms with E-state index in [-0.39, 0.29) is 12.5 Å². The molecule has 1 aromatic carbocycles. The molecule has 5 heteroatoms. The Bertz CT molecular complexity index is 590. The molecular formula is C16H19NO4. The molecule has 1 amide bonds. The number of benzene rings is 1. The van der Waals surface area contributed by atoms with Gasteiger partial charge in [-0.25, -0.2) is 0 Å². The van der Waals surface area contributed by atoms with E-state index < -0.39 is 0 Å². The fraction of sp³-hybridized carbons (Fsp3) is 0.312. The van der Waals surface area contributed by atoms with Crippen molar-refractivity contribution < 1.29 is 19.4 Å². The van der Waals surface area contributed by atoms with Gasteiger partial charge in [0.25, 0.3) is 5.91 Å². The maximum atomic E-state index is 12.1. The molecule has 0 spiro atoms. The van der Waals surface area contributed by atoms with Crippen molar-refractivity contribution in [2.24, 2.45) is 0 Å². The van der Waals surface area contributed by atoms with E-state index in [2.05, 4.69) is 5.32 Å². The molecule has 112 valence electrons. The second-order valence-corrected chi connectivity index (χ2v) is 4.83. The average Bonchev–Trinajstić information content (AvgIpc) is 2.52. The number of hydrogen-bond donors (Lipinski definition) is 2. The summed E-state index contributed by atoms with van der Waals surface area (Å²) in [7, 11) is 0. The third kappa shape index (κ3) is 4.10. The van der Waals surface area contributed by atoms with E-state index in [0.29, 0.717) is 36.0 Å². The Morgan fingerprint density at radius 3 is 2.67 bits per heavy atom. The first kappa shape index (κ1) is 15.1. The zero-order valence-corrected chi connectivity index (χ0v) is 12.2. The third-order valence-corrected chi connectivity index (χ3v) is 2.98. The first-order valence-electron chi connectivity index (χ1n) is 6.76. The summed E-state index contributed by atoms with van der Waals surface area (Å²) < 4.78 is 10.9. The largest absolute Gasteiger partial charge is 0.486 e. The Morgan fingerprint density at radius 1 is 1.24 bits per heavy atom. The number of aliphatic hydroxyl groups is 1. The van der Waals surface area contributed by atoms with Gasteiger partial charge in [0.1, 0.15) is 13.2 Å². The van der Waals surface area contributed by atoms with Gasteiger partial charge in [0, 0.05) is 11.3 Å². The van der Waals surface area contributed by atoms with Gasteiger partial charge in [-0.3, -0.25) is 4.79 Å². The standard InChI is InChI=1S/C16H19NO4/c1-11(10-18)3-4-12(2)17-16(19)13-5-6-14-15(9-13)21-8-7-20-14/h3-6,9,18H,7-8,10H2,1-2H3,(H,17,19)/b11-3+,12-4+. The van der Waals surface area contributed by atoms with E-state index in [4.69, 9.17) is 14.6 Å². The average molecular weight is 289 g/mol. The van der Waals surface area contributed by atoms with E-state index in [9.17, 15) is 4.79 Å². The number of aliphatic hydroxyl groups excluding tert-OH is 1. The predicted octanol–water partition coefficient (Wildman–Crippen LogP) is 2.03. The van der Waals surface area contributed by atoms with Crippen molar-refractivity contribution in [1.29, 1.82) is 0 Å². The Morgan fingerprint density at radius 2 is 1.95 bits per heavy atom. The first-order chi connectivity index (χ1) is 10.1. The summed E-state index contributed by atoms with van der Waals surface area (Å²) in [5.41, 5.74) is 2.03. The van der Waals surface area contributed by atoms with Crippen LogP contribution in [0.3, 0.4) is 0 Å². The molecule has 0 bridgehead atoms. The van der Waals surface area contributed by atoms with Crippen LogP contribution in [0.2, 0.25) is 0 Å². The van der Waals surface area contributed by atoms with Gasteiger partial charge in [0.2, 0.25) is 0 Å². The Labute approximate surface area is 123 Å². The number of fused-ring (bicyclic) bond motifs is 1. The SMILES string of the molecule is C/C(=C\C=C(/C)NC(=O)c1ccc2c(c1)OCCO2)CO. The highest BCUT2D eigenvalue weighted by molar-refractivity contribution is 5.95. The molecule has 0 aromatic heterocycles. The van der Waals surface area contributed by atoms with Crippen LogP contribution in [0, 0.1) is 0 Å². The summed E-state index contributed by atoms with van der Waals surface area (Å²) in [5.74, 6) is 1.04. The molecule has 0 unspecified atom stereocenters. The van der Waals surface area contributed by atoms with Gasteiger partial charge in [-0.1, -0.05) is 6.08 Å². The van der Waals surface area contributed by atoms with E-state index in [0.717, 1.165) is 5.57 Å². The summed E-state index contributed by atoms with van der Waals surface area (Å²) in [6.45, 7) is 4.61. The minimum Gasteiger partial charge on any atom is -0.486 e. The lowest BCUT2D eigenvalue weighted by Crippen LogP contribution is -2.22. The van der Waals surface area contributed by atoms with Crippen LogP contribution in [-0.4, -0.2) is 30.8 Å². The summed E-state index contributed by atoms with van der Waals surface area (Å²) in [4.78, 5) is 12.1. The van der Waals surface area contributed by atoms with Gasteiger partial charge in [0.05, 0.1) is 6.61 Å². The fourth-order valence-electron chi connectivity index (χ4n) is 1.80. The molecule has 21 heavy (non-hydrogen) atoms. The van der Waals surface area contributed by atoms with E-state index in [1.54, 1.807) is 37.3 Å². The lowest BCUT2D eigenvalue weighted by molar-refractivity contribution is 0.0964. The van der Waals surface area contributed by atoms with Gasteiger partial charge in [-0.2, -0.15) is 0 Å². The number of allylic oxidation sites excluding steroid dienone is 3. The zero-order valence-electron chi connectivity index (χ0n) is 12.2. The molecule has 1 aromatic rings. The Hall–Kier alpha value is -2.27. The second kappa shape index (κ2) is 6.95. The normalized spacial score (nSPS) is 14.8. The van der Waals surface area contributed by atoms with Crippen LogP contribution in [-0.2, 0) is 0 Å². The fourth-order valence-corrected chi connectivity index (χ4v) is 1.80. The van der Waals surface area contributed by atoms with E-state index >= 15 is 0 Å². The highest BCUT2D eigenvalue weighted by Gasteiger charge is 2.14. The third-order valence-electron chi connectivity index (χ3n) is 2.98. The van der Waals surface area contributed by atoms with E-state index in [1.165, 1.54) is 0 Å². The van der Waals surface area contributed by atoms with Crippen molar-refractivity contribution in [2.45, 2.75) is 13.8 Å². The topological polar surface area (TPSA) is 67.8 Å². The van der Waals surface area contributed by atoms with Crippen LogP contribution in [0.15, 0.2) is 41.6 Å². The minimum absolute atomic E-state index is 0.000112. The quantitative estimate of drug-likeness (QED) is 0.832. The number of nitrogens with one attached hydrogen (secondary N) is 1. The van der Waals surface area contributed by atoms with Crippen LogP contribution in [0.4, 0.5) is 0 Å². The monoisotopic (exact) mass is 289 g/mol. The van der Waals surface area contributed by atoms with Crippen LogP contribution in [0.1, 0.15) is 24.2 Å². The van der Waals surface area contributed by atoms with Gasteiger partial charge in [0.15, 0.2) is 11.5 Å². The van der Waals surface area contributed by atoms with Gasteiger partial charge in [-0.15, -0.1) is 0 Å². The molecule has 1 heterocycles. The number of carbonyl (C=O) groups excluding carboxylic acids is 1. The summed E-state index contributed by atoms with van der Waals surface area (Å²) >= 11 is 0. The number of rotatable bonds is 4. The smallest absolute Gasteiger partial charge is 0.255 e. The number of ether oxygens (including phenoxy) is 2. The van der Waals surface area contributed by atoms with Crippen LogP contribution >= 0.6 is 0 Å². The van der Waals surface area contributed by atoms with E-state index in [1.807, 2.05) is 6.92 Å². The molecule has 5 nitrogen and oxygen atoms in total. The van der Waals surface area contributed by atoms with Gasteiger partial charge >= 0.3 is 0 Å². The van der Waals surface area contributed by atoms with Crippen LogP contribution < -0.4 is 14.8 Å². The molecule has 2 rings (SSSR count). The lowest BCUT2D eigenvalue weighted by Gasteiger charge is -2.18. The predicted molar refractivity (Wildman–Crippen MR) is 79.5 cm³/mol. The number of carbonyl (C=O) groups is 1. The van der Waals surface area contributed by atoms with Crippen molar-refractivity contribution in [3.8, 4) is 11.5 Å². The number of hydrogen-bond acceptors (Lipinski definition) is 4. The molecule has 1 aliphatic rings. The van der Waals surface area contributed by atoms with Crippen molar-refractivity contribution in [3.63, 3.8) is 0 Å². The number of amides is 1. The molecule has 0 aliphatic carbocycles. The molecule has 0 atom stereocenters. The summed E-state index contributed by atoms with van der Waals surface area (Å²) in [6, 6.07) is 5.11. The first-order valence-corrected chi connectivity index (χ1v) is 6.76. The molecule has 2 N–H and O–H groups in total. The van der Waals surface area contributed by atoms with Crippen molar-refractivity contribution >= 4 is 5.91 Å². The molecular weight excluding hydrogens is 270 g/mol. The highest BCUT2D eigenvalue weighted by Crippen LogP contribution is 2.30. The maximum absolute atomic E-state index is 12.1. The van der Waals surface area contributed by atoms with Crippen LogP contribution in [0.25, 0.3) is 0 Å². The lowest BCUT2D eigenvalue weighted by atomic mass is 10.1. The second-order valence-electron chi connectivity index (χ2n) is 4.83. The zero-order chi connectivity index (χ0) is 15.2. The highest BCUT2D eigenvalue weighted by atomic mass is 16.6. The molecule has 0 saturated heterocycles. The van der Waals surface area contributed by atoms with Crippen LogP contribution in [0.5, 0.6) is 11.5 Å². The van der Waals surface area contributed by atoms with Crippen molar-refractivity contribution in [2.75, 3.05) is 19.8 Å². The molecule has 0 fully saturated rings. The summed E-state index contributed by atoms with van der Waals surface area (Å²) in [5, 5.41) is 11.7. The molecule has 0 saturated carbocycles. The van der Waals surface area contributed by atoms with Crippen molar-refractivity contribution in [1.82, 2.24) is 5.32 Å². The maximum Gasteiger partial charge on any atom is 0.255 e. The van der Waals surface area contributed by atoms with Crippen molar-refractivity contribution in [3.05, 3.63) is 47.2 Å². The molecule has 1 aliphatic heterocycles. The Kier molecular flexibility index (Phi) is 5.00. The Balaban J connectivity index is 2.06. The van der Waals surface area contributed by atoms with Gasteiger partial charge < -0.3 is 19.9 Å². The molecule has 0 radical (unpaired) electrons. The minimum atomic E-state index is -0.212. The summed E-state index contributed by atoms with van der Waals surface area (Å²) in [6.07, 6.45) is 3.51.